The number of carbonyl (C=O) groups excluding carboxylic acids is 2. The molecule has 0 radical (unpaired) electrons. The largest absolute Gasteiger partial charge is 0.509 e. The number of amides is 2. The SMILES string of the molecule is CCO[Si](OCC)(OCC)C(CC)C1=CC(=O)NC1=O. The van der Waals surface area contributed by atoms with Crippen molar-refractivity contribution in [2.24, 2.45) is 0 Å². The van der Waals surface area contributed by atoms with Gasteiger partial charge in [-0.25, -0.2) is 0 Å². The van der Waals surface area contributed by atoms with Gasteiger partial charge >= 0.3 is 8.80 Å². The first-order valence-electron chi connectivity index (χ1n) is 7.03. The predicted octanol–water partition coefficient (Wildman–Crippen LogP) is 1.40. The molecule has 0 aliphatic carbocycles. The van der Waals surface area contributed by atoms with Crippen molar-refractivity contribution < 1.29 is 22.9 Å². The first-order valence-corrected chi connectivity index (χ1v) is 8.83. The summed E-state index contributed by atoms with van der Waals surface area (Å²) in [5, 5.41) is 2.27. The van der Waals surface area contributed by atoms with Crippen molar-refractivity contribution in [3.05, 3.63) is 11.6 Å². The molecule has 0 saturated carbocycles. The fraction of sp³-hybridized carbons (Fsp3) is 0.692. The summed E-state index contributed by atoms with van der Waals surface area (Å²) in [5.41, 5.74) is 0.0771. The Bertz CT molecular complexity index is 379. The highest BCUT2D eigenvalue weighted by molar-refractivity contribution is 6.64. The van der Waals surface area contributed by atoms with E-state index in [9.17, 15) is 9.59 Å². The number of nitrogens with one attached hydrogen (secondary N) is 1. The van der Waals surface area contributed by atoms with E-state index in [0.717, 1.165) is 0 Å². The normalized spacial score (nSPS) is 17.1. The zero-order valence-corrected chi connectivity index (χ0v) is 13.5. The molecule has 6 nitrogen and oxygen atoms in total. The molecular formula is C13H23NO5Si. The van der Waals surface area contributed by atoms with Gasteiger partial charge in [0.25, 0.3) is 11.8 Å². The third kappa shape index (κ3) is 3.54. The van der Waals surface area contributed by atoms with Crippen molar-refractivity contribution in [3.63, 3.8) is 0 Å². The third-order valence-electron chi connectivity index (χ3n) is 3.03. The minimum atomic E-state index is -3.04. The summed E-state index contributed by atoms with van der Waals surface area (Å²) >= 11 is 0. The van der Waals surface area contributed by atoms with Gasteiger partial charge < -0.3 is 13.3 Å². The molecule has 0 spiro atoms. The number of hydrogen-bond donors (Lipinski definition) is 1. The molecular weight excluding hydrogens is 278 g/mol. The van der Waals surface area contributed by atoms with Crippen LogP contribution in [0.4, 0.5) is 0 Å². The fourth-order valence-electron chi connectivity index (χ4n) is 2.38. The molecule has 1 aliphatic rings. The van der Waals surface area contributed by atoms with Crippen LogP contribution in [0.5, 0.6) is 0 Å². The first-order chi connectivity index (χ1) is 9.54. The molecule has 0 aromatic rings. The molecule has 0 bridgehead atoms. The van der Waals surface area contributed by atoms with E-state index in [1.807, 2.05) is 27.7 Å². The summed E-state index contributed by atoms with van der Waals surface area (Å²) in [6.45, 7) is 8.82. The van der Waals surface area contributed by atoms with Gasteiger partial charge in [0.1, 0.15) is 0 Å². The van der Waals surface area contributed by atoms with Crippen LogP contribution in [0.3, 0.4) is 0 Å². The Morgan fingerprint density at radius 1 is 1.05 bits per heavy atom. The summed E-state index contributed by atoms with van der Waals surface area (Å²) in [4.78, 5) is 23.3. The van der Waals surface area contributed by atoms with Gasteiger partial charge in [0.15, 0.2) is 0 Å². The van der Waals surface area contributed by atoms with Crippen LogP contribution in [0, 0.1) is 0 Å². The minimum absolute atomic E-state index is 0.325. The Kier molecular flexibility index (Phi) is 6.54. The van der Waals surface area contributed by atoms with E-state index in [2.05, 4.69) is 5.32 Å². The molecule has 20 heavy (non-hydrogen) atoms. The highest BCUT2D eigenvalue weighted by Gasteiger charge is 2.52. The van der Waals surface area contributed by atoms with E-state index in [4.69, 9.17) is 13.3 Å². The van der Waals surface area contributed by atoms with Crippen molar-refractivity contribution in [1.29, 1.82) is 0 Å². The fourth-order valence-corrected chi connectivity index (χ4v) is 5.53. The van der Waals surface area contributed by atoms with E-state index in [1.54, 1.807) is 0 Å². The summed E-state index contributed by atoms with van der Waals surface area (Å²) in [5.74, 6) is -0.770. The van der Waals surface area contributed by atoms with Crippen LogP contribution in [0.25, 0.3) is 0 Å². The van der Waals surface area contributed by atoms with Crippen LogP contribution in [0.2, 0.25) is 5.54 Å². The van der Waals surface area contributed by atoms with Gasteiger partial charge in [-0.2, -0.15) is 0 Å². The minimum Gasteiger partial charge on any atom is -0.373 e. The molecule has 1 rings (SSSR count). The lowest BCUT2D eigenvalue weighted by Gasteiger charge is -2.34. The van der Waals surface area contributed by atoms with Gasteiger partial charge in [0, 0.05) is 31.5 Å². The van der Waals surface area contributed by atoms with Gasteiger partial charge in [-0.3, -0.25) is 14.9 Å². The van der Waals surface area contributed by atoms with Crippen LogP contribution < -0.4 is 5.32 Å². The van der Waals surface area contributed by atoms with Crippen LogP contribution in [0.15, 0.2) is 11.6 Å². The Morgan fingerprint density at radius 2 is 1.55 bits per heavy atom. The third-order valence-corrected chi connectivity index (χ3v) is 6.68. The lowest BCUT2D eigenvalue weighted by molar-refractivity contribution is -0.124. The maximum Gasteiger partial charge on any atom is 0.509 e. The van der Waals surface area contributed by atoms with E-state index in [-0.39, 0.29) is 11.4 Å². The molecule has 0 aromatic carbocycles. The van der Waals surface area contributed by atoms with Crippen molar-refractivity contribution in [1.82, 2.24) is 5.32 Å². The Hall–Kier alpha value is -1.02. The van der Waals surface area contributed by atoms with E-state index in [0.29, 0.717) is 31.8 Å². The quantitative estimate of drug-likeness (QED) is 0.515. The van der Waals surface area contributed by atoms with Gasteiger partial charge in [0.2, 0.25) is 0 Å². The van der Waals surface area contributed by atoms with Crippen molar-refractivity contribution in [2.45, 2.75) is 39.7 Å². The second kappa shape index (κ2) is 7.68. The van der Waals surface area contributed by atoms with Gasteiger partial charge in [-0.05, 0) is 27.2 Å². The van der Waals surface area contributed by atoms with Crippen LogP contribution >= 0.6 is 0 Å². The van der Waals surface area contributed by atoms with Gasteiger partial charge in [-0.1, -0.05) is 6.92 Å². The van der Waals surface area contributed by atoms with E-state index < -0.39 is 14.7 Å². The highest BCUT2D eigenvalue weighted by atomic mass is 28.4. The summed E-state index contributed by atoms with van der Waals surface area (Å²) in [6, 6.07) is 0. The number of imide groups is 1. The molecule has 0 aromatic heterocycles. The van der Waals surface area contributed by atoms with Crippen molar-refractivity contribution in [3.8, 4) is 0 Å². The Labute approximate surface area is 120 Å². The highest BCUT2D eigenvalue weighted by Crippen LogP contribution is 2.36. The van der Waals surface area contributed by atoms with Crippen molar-refractivity contribution >= 4 is 20.6 Å². The molecule has 0 fully saturated rings. The van der Waals surface area contributed by atoms with Crippen LogP contribution in [-0.4, -0.2) is 40.4 Å². The molecule has 1 atom stereocenters. The maximum atomic E-state index is 11.9. The van der Waals surface area contributed by atoms with Gasteiger partial charge in [0.05, 0.1) is 5.54 Å². The lowest BCUT2D eigenvalue weighted by Crippen LogP contribution is -2.51. The molecule has 1 aliphatic heterocycles. The summed E-state index contributed by atoms with van der Waals surface area (Å²) < 4.78 is 17.5. The van der Waals surface area contributed by atoms with E-state index in [1.165, 1.54) is 6.08 Å². The maximum absolute atomic E-state index is 11.9. The van der Waals surface area contributed by atoms with E-state index >= 15 is 0 Å². The first kappa shape index (κ1) is 17.0. The monoisotopic (exact) mass is 301 g/mol. The molecule has 1 heterocycles. The lowest BCUT2D eigenvalue weighted by atomic mass is 10.1. The second-order valence-corrected chi connectivity index (χ2v) is 7.05. The molecule has 1 unspecified atom stereocenters. The number of carbonyl (C=O) groups is 2. The predicted molar refractivity (Wildman–Crippen MR) is 75.9 cm³/mol. The topological polar surface area (TPSA) is 73.9 Å². The zero-order valence-electron chi connectivity index (χ0n) is 12.5. The Balaban J connectivity index is 3.15. The molecule has 7 heteroatoms. The molecule has 114 valence electrons. The zero-order chi connectivity index (χ0) is 15.2. The second-order valence-electron chi connectivity index (χ2n) is 4.28. The van der Waals surface area contributed by atoms with Gasteiger partial charge in [-0.15, -0.1) is 0 Å². The average molecular weight is 301 g/mol. The molecule has 1 N–H and O–H groups in total. The molecule has 0 saturated heterocycles. The standard InChI is InChI=1S/C13H23NO5Si/c1-5-11(10-9-12(15)14-13(10)16)20(17-6-2,18-7-3)19-8-4/h9,11H,5-8H2,1-4H3,(H,14,15,16). The summed E-state index contributed by atoms with van der Waals surface area (Å²) in [7, 11) is -3.04. The van der Waals surface area contributed by atoms with Crippen LogP contribution in [0.1, 0.15) is 34.1 Å². The Morgan fingerprint density at radius 3 is 1.85 bits per heavy atom. The number of rotatable bonds is 9. The number of hydrogen-bond acceptors (Lipinski definition) is 5. The smallest absolute Gasteiger partial charge is 0.373 e. The van der Waals surface area contributed by atoms with Crippen LogP contribution in [-0.2, 0) is 22.9 Å². The molecule has 2 amide bonds. The average Bonchev–Trinajstić information content (AvgIpc) is 2.70. The summed E-state index contributed by atoms with van der Waals surface area (Å²) in [6.07, 6.45) is 1.94. The van der Waals surface area contributed by atoms with Crippen molar-refractivity contribution in [2.75, 3.05) is 19.8 Å².